The van der Waals surface area contributed by atoms with Gasteiger partial charge in [0.25, 0.3) is 5.91 Å². The van der Waals surface area contributed by atoms with Gasteiger partial charge in [0.05, 0.1) is 40.2 Å². The van der Waals surface area contributed by atoms with Crippen molar-refractivity contribution in [2.45, 2.75) is 84.3 Å². The Hall–Kier alpha value is -7.69. The monoisotopic (exact) mass is 901 g/mol. The number of carbonyl (C=O) groups excluding carboxylic acids is 1. The largest absolute Gasteiger partial charge is 0.438 e. The Labute approximate surface area is 380 Å². The van der Waals surface area contributed by atoms with Gasteiger partial charge in [-0.1, -0.05) is 25.1 Å². The lowest BCUT2D eigenvalue weighted by atomic mass is 9.98. The fourth-order valence-electron chi connectivity index (χ4n) is 11.3. The van der Waals surface area contributed by atoms with E-state index in [9.17, 15) is 9.59 Å². The second-order valence-electron chi connectivity index (χ2n) is 18.5. The molecule has 1 N–H and O–H groups in total. The number of fused-ring (bicyclic) bond motifs is 6. The molecule has 1 amide bonds. The van der Waals surface area contributed by atoms with Gasteiger partial charge in [-0.2, -0.15) is 10.2 Å². The fourth-order valence-corrected chi connectivity index (χ4v) is 11.3. The molecule has 1 aliphatic carbocycles. The molecule has 4 atom stereocenters. The van der Waals surface area contributed by atoms with Crippen molar-refractivity contribution in [2.24, 2.45) is 13.0 Å². The molecule has 6 aromatic heterocycles. The molecule has 1 saturated carbocycles. The quantitative estimate of drug-likeness (QED) is 0.162. The van der Waals surface area contributed by atoms with Crippen molar-refractivity contribution in [1.29, 1.82) is 0 Å². The Kier molecular flexibility index (Phi) is 8.77. The van der Waals surface area contributed by atoms with E-state index in [0.717, 1.165) is 39.7 Å². The van der Waals surface area contributed by atoms with Gasteiger partial charge in [-0.3, -0.25) is 33.1 Å². The zero-order chi connectivity index (χ0) is 46.4. The maximum atomic E-state index is 16.2. The number of hydrogen-bond donors (Lipinski definition) is 1. The third kappa shape index (κ3) is 5.75. The van der Waals surface area contributed by atoms with Crippen LogP contribution in [0.2, 0.25) is 0 Å². The number of rotatable bonds is 8. The van der Waals surface area contributed by atoms with Gasteiger partial charge in [0.2, 0.25) is 0 Å². The third-order valence-electron chi connectivity index (χ3n) is 14.7. The van der Waals surface area contributed by atoms with Crippen LogP contribution in [0.15, 0.2) is 93.5 Å². The van der Waals surface area contributed by atoms with Gasteiger partial charge in [0, 0.05) is 60.3 Å². The molecule has 8 heterocycles. The van der Waals surface area contributed by atoms with Crippen molar-refractivity contribution in [1.82, 2.24) is 53.3 Å². The predicted molar refractivity (Wildman–Crippen MR) is 245 cm³/mol. The van der Waals surface area contributed by atoms with E-state index in [1.807, 2.05) is 33.9 Å². The van der Waals surface area contributed by atoms with E-state index in [2.05, 4.69) is 53.1 Å². The van der Waals surface area contributed by atoms with Crippen molar-refractivity contribution in [3.63, 3.8) is 0 Å². The normalized spacial score (nSPS) is 19.8. The van der Waals surface area contributed by atoms with Crippen LogP contribution in [0, 0.1) is 38.3 Å². The number of imidazole rings is 1. The number of benzene rings is 3. The third-order valence-corrected chi connectivity index (χ3v) is 14.7. The van der Waals surface area contributed by atoms with Crippen LogP contribution in [0.5, 0.6) is 0 Å². The van der Waals surface area contributed by atoms with Crippen molar-refractivity contribution >= 4 is 27.7 Å². The minimum absolute atomic E-state index is 0.0126. The zero-order valence-electron chi connectivity index (χ0n) is 37.6. The number of aromatic amines is 1. The van der Waals surface area contributed by atoms with Gasteiger partial charge < -0.3 is 9.47 Å². The standard InChI is InChI=1S/C50H45F2N11O4/c1-7-35-28(5)33(14-15-53-35)29-8-10-37-30(20-29)21-41(62(37)50(23-27(50)4)47-55-48(65)67-57-47)46(64)61-31-9-11-39(61)42-36(22-31)56-63(32-18-25(2)43(51)26(3)19-32)45(42)60-17-16-59(49(60)66)40-13-12-38-34(44(40)52)24-54-58(38)6/h8,10,12-21,24,27,31,39H,7,9,11,22-23H2,1-6H3,(H,55,57,65)/t27-,31+,39-,50-/m0/s1. The van der Waals surface area contributed by atoms with E-state index in [0.29, 0.717) is 76.6 Å². The van der Waals surface area contributed by atoms with Crippen molar-refractivity contribution in [3.05, 3.63) is 157 Å². The Bertz CT molecular complexity index is 3670. The summed E-state index contributed by atoms with van der Waals surface area (Å²) in [4.78, 5) is 52.4. The molecular weight excluding hydrogens is 857 g/mol. The summed E-state index contributed by atoms with van der Waals surface area (Å²) in [5.41, 5.74) is 7.29. The van der Waals surface area contributed by atoms with Gasteiger partial charge >= 0.3 is 11.4 Å². The molecule has 0 radical (unpaired) electrons. The van der Waals surface area contributed by atoms with Crippen LogP contribution in [0.1, 0.15) is 89.1 Å². The van der Waals surface area contributed by atoms with Crippen LogP contribution in [0.3, 0.4) is 0 Å². The van der Waals surface area contributed by atoms with Crippen molar-refractivity contribution in [2.75, 3.05) is 0 Å². The van der Waals surface area contributed by atoms with Gasteiger partial charge in [0.15, 0.2) is 11.6 Å². The van der Waals surface area contributed by atoms with E-state index in [1.165, 1.54) is 21.5 Å². The number of nitrogens with zero attached hydrogens (tertiary/aromatic N) is 10. The van der Waals surface area contributed by atoms with Gasteiger partial charge in [-0.25, -0.2) is 23.1 Å². The molecule has 3 aliphatic rings. The summed E-state index contributed by atoms with van der Waals surface area (Å²) in [6.07, 6.45) is 9.40. The molecule has 1 saturated heterocycles. The highest BCUT2D eigenvalue weighted by atomic mass is 19.1. The summed E-state index contributed by atoms with van der Waals surface area (Å²) >= 11 is 0. The molecule has 12 rings (SSSR count). The van der Waals surface area contributed by atoms with Gasteiger partial charge in [0.1, 0.15) is 22.9 Å². The lowest BCUT2D eigenvalue weighted by Crippen LogP contribution is -2.43. The second kappa shape index (κ2) is 14.4. The minimum Gasteiger partial charge on any atom is -0.327 e. The van der Waals surface area contributed by atoms with Gasteiger partial charge in [-0.05, 0) is 129 Å². The number of amides is 1. The van der Waals surface area contributed by atoms with Crippen LogP contribution in [0.25, 0.3) is 50.1 Å². The Morgan fingerprint density at radius 1 is 0.955 bits per heavy atom. The summed E-state index contributed by atoms with van der Waals surface area (Å²) in [6.45, 7) is 9.59. The number of pyridine rings is 1. The van der Waals surface area contributed by atoms with E-state index in [4.69, 9.17) is 9.62 Å². The fraction of sp³-hybridized carbons (Fsp3) is 0.300. The number of nitrogens with one attached hydrogen (secondary N) is 1. The van der Waals surface area contributed by atoms with Crippen LogP contribution >= 0.6 is 0 Å². The van der Waals surface area contributed by atoms with Crippen LogP contribution in [0.4, 0.5) is 8.78 Å². The number of aromatic nitrogens is 10. The van der Waals surface area contributed by atoms with Crippen molar-refractivity contribution in [3.8, 4) is 28.3 Å². The molecule has 9 aromatic rings. The van der Waals surface area contributed by atoms with Crippen LogP contribution in [-0.2, 0) is 25.4 Å². The highest BCUT2D eigenvalue weighted by molar-refractivity contribution is 6.01. The Morgan fingerprint density at radius 2 is 1.72 bits per heavy atom. The number of hydrogen-bond acceptors (Lipinski definition) is 8. The summed E-state index contributed by atoms with van der Waals surface area (Å²) in [6, 6.07) is 16.0. The topological polar surface area (TPSA) is 160 Å². The average Bonchev–Trinajstić information content (AvgIpc) is 4.02. The molecule has 3 aromatic carbocycles. The first kappa shape index (κ1) is 40.8. The number of aryl methyl sites for hydroxylation is 4. The zero-order valence-corrected chi connectivity index (χ0v) is 37.6. The molecule has 0 unspecified atom stereocenters. The highest BCUT2D eigenvalue weighted by Gasteiger charge is 2.59. The van der Waals surface area contributed by atoms with Gasteiger partial charge in [-0.15, -0.1) is 0 Å². The minimum atomic E-state index is -0.874. The molecule has 2 fully saturated rings. The SMILES string of the molecule is CCc1nccc(-c2ccc3c(c2)cc(C(=O)N2[C@@H]4CC[C@H]2c2c(nn(-c5cc(C)c(F)c(C)c5)c2-n2ccn(-c5ccc6c(cnn6C)c5F)c2=O)C4)n3[C@@]2(c3noc(=O)[nH]3)C[C@@H]2C)c1C. The second-order valence-corrected chi connectivity index (χ2v) is 18.5. The van der Waals surface area contributed by atoms with Crippen LogP contribution < -0.4 is 11.4 Å². The van der Waals surface area contributed by atoms with E-state index in [1.54, 1.807) is 60.7 Å². The summed E-state index contributed by atoms with van der Waals surface area (Å²) in [7, 11) is 1.72. The molecule has 15 nitrogen and oxygen atoms in total. The summed E-state index contributed by atoms with van der Waals surface area (Å²) in [5.74, 6) is -1.13. The first-order valence-corrected chi connectivity index (χ1v) is 22.6. The Balaban J connectivity index is 1.04. The van der Waals surface area contributed by atoms with E-state index >= 15 is 13.6 Å². The maximum absolute atomic E-state index is 16.2. The lowest BCUT2D eigenvalue weighted by Gasteiger charge is -2.35. The molecule has 2 bridgehead atoms. The Morgan fingerprint density at radius 3 is 2.45 bits per heavy atom. The molecule has 67 heavy (non-hydrogen) atoms. The molecule has 338 valence electrons. The van der Waals surface area contributed by atoms with E-state index in [-0.39, 0.29) is 34.8 Å². The average molecular weight is 902 g/mol. The summed E-state index contributed by atoms with van der Waals surface area (Å²) < 4.78 is 44.4. The van der Waals surface area contributed by atoms with E-state index < -0.39 is 28.8 Å². The van der Waals surface area contributed by atoms with Crippen molar-refractivity contribution < 1.29 is 18.1 Å². The molecule has 0 spiro atoms. The predicted octanol–water partition coefficient (Wildman–Crippen LogP) is 7.84. The lowest BCUT2D eigenvalue weighted by molar-refractivity contribution is 0.0632. The number of halogens is 2. The smallest absolute Gasteiger partial charge is 0.327 e. The summed E-state index contributed by atoms with van der Waals surface area (Å²) in [5, 5.41) is 14.7. The maximum Gasteiger partial charge on any atom is 0.438 e. The van der Waals surface area contributed by atoms with Crippen LogP contribution in [-0.4, -0.2) is 65.2 Å². The number of H-pyrrole nitrogens is 1. The molecular formula is C50H45F2N11O4. The number of carbonyl (C=O) groups is 1. The highest BCUT2D eigenvalue weighted by Crippen LogP contribution is 2.56. The molecule has 2 aliphatic heterocycles. The molecule has 17 heteroatoms. The first-order chi connectivity index (χ1) is 32.3. The first-order valence-electron chi connectivity index (χ1n) is 22.6.